The van der Waals surface area contributed by atoms with E-state index in [2.05, 4.69) is 10.2 Å². The van der Waals surface area contributed by atoms with E-state index < -0.39 is 6.04 Å². The van der Waals surface area contributed by atoms with Crippen molar-refractivity contribution in [3.63, 3.8) is 0 Å². The van der Waals surface area contributed by atoms with E-state index in [9.17, 15) is 9.90 Å². The average Bonchev–Trinajstić information content (AvgIpc) is 3.35. The second-order valence-corrected chi connectivity index (χ2v) is 8.17. The number of para-hydroxylation sites is 1. The van der Waals surface area contributed by atoms with Crippen LogP contribution in [0.3, 0.4) is 0 Å². The number of rotatable bonds is 9. The summed E-state index contributed by atoms with van der Waals surface area (Å²) in [5.41, 5.74) is 3.15. The third-order valence-corrected chi connectivity index (χ3v) is 5.74. The molecule has 2 aromatic carbocycles. The van der Waals surface area contributed by atoms with Crippen molar-refractivity contribution in [1.82, 2.24) is 15.1 Å². The molecule has 2 heterocycles. The second kappa shape index (κ2) is 9.54. The lowest BCUT2D eigenvalue weighted by Crippen LogP contribution is -2.31. The summed E-state index contributed by atoms with van der Waals surface area (Å²) in [6, 6.07) is 12.2. The molecule has 1 aromatic heterocycles. The van der Waals surface area contributed by atoms with Crippen LogP contribution in [0.5, 0.6) is 17.2 Å². The van der Waals surface area contributed by atoms with Gasteiger partial charge in [0, 0.05) is 24.3 Å². The van der Waals surface area contributed by atoms with Crippen molar-refractivity contribution in [2.24, 2.45) is 0 Å². The Balaban J connectivity index is 1.79. The number of phenols is 1. The maximum absolute atomic E-state index is 13.4. The Morgan fingerprint density at radius 2 is 1.88 bits per heavy atom. The molecule has 1 amide bonds. The standard InChI is InChI=1S/C25H29N3O5/c1-15(2)33-13-7-12-28-24(16-10-11-19(31-3)20(14-16)32-4)21-22(26-27-23(21)25(28)30)17-8-5-6-9-18(17)29/h5-6,8-11,14-15,24,29H,7,12-13H2,1-4H3,(H,26,27)/t24-/m0/s1. The largest absolute Gasteiger partial charge is 0.507 e. The zero-order valence-electron chi connectivity index (χ0n) is 19.3. The summed E-state index contributed by atoms with van der Waals surface area (Å²) in [6.07, 6.45) is 0.822. The molecule has 2 N–H and O–H groups in total. The lowest BCUT2D eigenvalue weighted by molar-refractivity contribution is 0.0601. The third kappa shape index (κ3) is 4.26. The van der Waals surface area contributed by atoms with Crippen LogP contribution in [-0.4, -0.2) is 59.6 Å². The number of carbonyl (C=O) groups excluding carboxylic acids is 1. The number of nitrogens with zero attached hydrogens (tertiary/aromatic N) is 2. The van der Waals surface area contributed by atoms with Crippen molar-refractivity contribution in [2.75, 3.05) is 27.4 Å². The zero-order chi connectivity index (χ0) is 23.5. The number of ether oxygens (including phenoxy) is 3. The third-order valence-electron chi connectivity index (χ3n) is 5.74. The van der Waals surface area contributed by atoms with E-state index in [4.69, 9.17) is 14.2 Å². The van der Waals surface area contributed by atoms with Crippen LogP contribution in [0.2, 0.25) is 0 Å². The van der Waals surface area contributed by atoms with E-state index in [1.165, 1.54) is 0 Å². The summed E-state index contributed by atoms with van der Waals surface area (Å²) in [5, 5.41) is 17.8. The van der Waals surface area contributed by atoms with Gasteiger partial charge in [-0.2, -0.15) is 5.10 Å². The Hall–Kier alpha value is -3.52. The van der Waals surface area contributed by atoms with Gasteiger partial charge in [0.2, 0.25) is 0 Å². The Labute approximate surface area is 193 Å². The maximum atomic E-state index is 13.4. The number of nitrogens with one attached hydrogen (secondary N) is 1. The van der Waals surface area contributed by atoms with Gasteiger partial charge in [-0.25, -0.2) is 0 Å². The summed E-state index contributed by atoms with van der Waals surface area (Å²) in [6.45, 7) is 5.04. The van der Waals surface area contributed by atoms with Gasteiger partial charge in [-0.3, -0.25) is 9.89 Å². The van der Waals surface area contributed by atoms with E-state index in [1.54, 1.807) is 32.4 Å². The minimum atomic E-state index is -0.403. The molecule has 0 spiro atoms. The van der Waals surface area contributed by atoms with Crippen molar-refractivity contribution in [3.05, 3.63) is 59.3 Å². The fraction of sp³-hybridized carbons (Fsp3) is 0.360. The molecule has 8 heteroatoms. The molecule has 0 saturated heterocycles. The van der Waals surface area contributed by atoms with Gasteiger partial charge < -0.3 is 24.2 Å². The second-order valence-electron chi connectivity index (χ2n) is 8.17. The summed E-state index contributed by atoms with van der Waals surface area (Å²) in [7, 11) is 3.17. The molecular weight excluding hydrogens is 422 g/mol. The van der Waals surface area contributed by atoms with Crippen LogP contribution in [0, 0.1) is 0 Å². The smallest absolute Gasteiger partial charge is 0.273 e. The first-order chi connectivity index (χ1) is 16.0. The van der Waals surface area contributed by atoms with Crippen LogP contribution in [0.1, 0.15) is 47.9 Å². The SMILES string of the molecule is COc1ccc([C@H]2c3c(-c4ccccc4O)n[nH]c3C(=O)N2CCCOC(C)C)cc1OC. The predicted octanol–water partition coefficient (Wildman–Crippen LogP) is 4.16. The summed E-state index contributed by atoms with van der Waals surface area (Å²) >= 11 is 0. The predicted molar refractivity (Wildman–Crippen MR) is 124 cm³/mol. The first-order valence-corrected chi connectivity index (χ1v) is 11.0. The normalized spacial score (nSPS) is 15.2. The monoisotopic (exact) mass is 451 g/mol. The van der Waals surface area contributed by atoms with E-state index in [0.29, 0.717) is 48.0 Å². The lowest BCUT2D eigenvalue weighted by atomic mass is 9.95. The van der Waals surface area contributed by atoms with Crippen molar-refractivity contribution in [1.29, 1.82) is 0 Å². The van der Waals surface area contributed by atoms with Crippen LogP contribution >= 0.6 is 0 Å². The minimum Gasteiger partial charge on any atom is -0.507 e. The molecule has 0 saturated carbocycles. The highest BCUT2D eigenvalue weighted by Crippen LogP contribution is 2.45. The lowest BCUT2D eigenvalue weighted by Gasteiger charge is -2.27. The van der Waals surface area contributed by atoms with Gasteiger partial charge >= 0.3 is 0 Å². The number of aromatic hydroxyl groups is 1. The van der Waals surface area contributed by atoms with Crippen LogP contribution in [0.25, 0.3) is 11.3 Å². The molecule has 0 aliphatic carbocycles. The van der Waals surface area contributed by atoms with Gasteiger partial charge in [0.15, 0.2) is 11.5 Å². The van der Waals surface area contributed by atoms with E-state index in [1.807, 2.05) is 43.0 Å². The van der Waals surface area contributed by atoms with Gasteiger partial charge in [0.05, 0.1) is 26.4 Å². The first kappa shape index (κ1) is 22.7. The summed E-state index contributed by atoms with van der Waals surface area (Å²) in [4.78, 5) is 15.2. The highest BCUT2D eigenvalue weighted by Gasteiger charge is 2.42. The first-order valence-electron chi connectivity index (χ1n) is 11.0. The number of phenolic OH excluding ortho intramolecular Hbond substituents is 1. The number of hydrogen-bond acceptors (Lipinski definition) is 6. The number of amides is 1. The molecule has 1 atom stereocenters. The van der Waals surface area contributed by atoms with Gasteiger partial charge in [0.25, 0.3) is 5.91 Å². The molecule has 0 unspecified atom stereocenters. The number of carbonyl (C=O) groups is 1. The average molecular weight is 452 g/mol. The van der Waals surface area contributed by atoms with Gasteiger partial charge in [-0.05, 0) is 50.1 Å². The Bertz CT molecular complexity index is 1140. The van der Waals surface area contributed by atoms with Crippen LogP contribution in [0.15, 0.2) is 42.5 Å². The molecule has 33 heavy (non-hydrogen) atoms. The number of fused-ring (bicyclic) bond motifs is 1. The number of hydrogen-bond donors (Lipinski definition) is 2. The number of aromatic amines is 1. The zero-order valence-corrected chi connectivity index (χ0v) is 19.3. The minimum absolute atomic E-state index is 0.106. The van der Waals surface area contributed by atoms with Crippen LogP contribution in [-0.2, 0) is 4.74 Å². The topological polar surface area (TPSA) is 96.9 Å². The molecule has 1 aliphatic heterocycles. The number of benzene rings is 2. The highest BCUT2D eigenvalue weighted by molar-refractivity contribution is 6.00. The molecule has 4 rings (SSSR count). The molecule has 174 valence electrons. The quantitative estimate of drug-likeness (QED) is 0.474. The van der Waals surface area contributed by atoms with Crippen molar-refractivity contribution in [3.8, 4) is 28.5 Å². The van der Waals surface area contributed by atoms with Crippen LogP contribution < -0.4 is 9.47 Å². The fourth-order valence-electron chi connectivity index (χ4n) is 4.23. The van der Waals surface area contributed by atoms with Gasteiger partial charge in [-0.15, -0.1) is 0 Å². The van der Waals surface area contributed by atoms with Crippen molar-refractivity contribution in [2.45, 2.75) is 32.4 Å². The van der Waals surface area contributed by atoms with E-state index in [-0.39, 0.29) is 17.8 Å². The molecule has 1 aliphatic rings. The number of aromatic nitrogens is 2. The van der Waals surface area contributed by atoms with Gasteiger partial charge in [-0.1, -0.05) is 18.2 Å². The molecule has 0 fully saturated rings. The number of H-pyrrole nitrogens is 1. The van der Waals surface area contributed by atoms with Crippen LogP contribution in [0.4, 0.5) is 0 Å². The highest BCUT2D eigenvalue weighted by atomic mass is 16.5. The Morgan fingerprint density at radius 3 is 2.58 bits per heavy atom. The Kier molecular flexibility index (Phi) is 6.55. The molecule has 3 aromatic rings. The summed E-state index contributed by atoms with van der Waals surface area (Å²) < 4.78 is 16.6. The Morgan fingerprint density at radius 1 is 1.12 bits per heavy atom. The molecule has 8 nitrogen and oxygen atoms in total. The summed E-state index contributed by atoms with van der Waals surface area (Å²) in [5.74, 6) is 1.15. The van der Waals surface area contributed by atoms with E-state index in [0.717, 1.165) is 11.1 Å². The maximum Gasteiger partial charge on any atom is 0.273 e. The van der Waals surface area contributed by atoms with Crippen molar-refractivity contribution >= 4 is 5.91 Å². The van der Waals surface area contributed by atoms with Gasteiger partial charge in [0.1, 0.15) is 17.1 Å². The molecular formula is C25H29N3O5. The molecule has 0 radical (unpaired) electrons. The molecule has 0 bridgehead atoms. The fourth-order valence-corrected chi connectivity index (χ4v) is 4.23. The number of methoxy groups -OCH3 is 2. The van der Waals surface area contributed by atoms with E-state index >= 15 is 0 Å². The van der Waals surface area contributed by atoms with Crippen molar-refractivity contribution < 1.29 is 24.1 Å².